The number of benzene rings is 4. The summed E-state index contributed by atoms with van der Waals surface area (Å²) in [5.74, 6) is -1.17. The van der Waals surface area contributed by atoms with Gasteiger partial charge in [-0.05, 0) is 47.9 Å². The first-order valence-electron chi connectivity index (χ1n) is 19.1. The second-order valence-electron chi connectivity index (χ2n) is 13.8. The van der Waals surface area contributed by atoms with Crippen molar-refractivity contribution in [1.82, 2.24) is 21.3 Å². The van der Waals surface area contributed by atoms with Crippen molar-refractivity contribution in [3.63, 3.8) is 0 Å². The highest BCUT2D eigenvalue weighted by Crippen LogP contribution is 2.09. The molecule has 0 aromatic heterocycles. The number of carbonyl (C=O) groups is 4. The maximum absolute atomic E-state index is 13.2. The van der Waals surface area contributed by atoms with E-state index in [1.54, 1.807) is 0 Å². The van der Waals surface area contributed by atoms with Gasteiger partial charge < -0.3 is 32.7 Å². The summed E-state index contributed by atoms with van der Waals surface area (Å²) < 4.78 is 0. The molecule has 0 radical (unpaired) electrons. The summed E-state index contributed by atoms with van der Waals surface area (Å²) in [7, 11) is 0. The molecule has 0 saturated carbocycles. The zero-order valence-corrected chi connectivity index (χ0v) is 31.1. The lowest BCUT2D eigenvalue weighted by Crippen LogP contribution is -2.53. The molecular formula is C44H56N6O4. The Labute approximate surface area is 319 Å². The molecule has 0 heterocycles. The lowest BCUT2D eigenvalue weighted by atomic mass is 10.0. The van der Waals surface area contributed by atoms with Crippen LogP contribution in [-0.2, 0) is 44.9 Å². The zero-order chi connectivity index (χ0) is 38.4. The first-order chi connectivity index (χ1) is 26.3. The standard InChI is InChI=1S/C44H56N6O4/c45-37(29-33-19-9-5-10-20-33)41(51)49-39(31-35-23-13-7-14-24-35)43(53)47-27-17-3-1-2-4-18-28-48-44(54)40(32-36-25-15-8-16-26-36)50-42(52)38(46)30-34-21-11-6-12-22-34/h5-16,19-26,37-40H,1-4,17-18,27-32,45-46H2,(H,47,53)(H,48,54)(H,49,51)(H,50,52)/t37-,38-,39+,40+/m0/s1. The topological polar surface area (TPSA) is 168 Å². The third kappa shape index (κ3) is 15.3. The van der Waals surface area contributed by atoms with Gasteiger partial charge in [-0.15, -0.1) is 0 Å². The Morgan fingerprint density at radius 3 is 0.981 bits per heavy atom. The minimum absolute atomic E-state index is 0.227. The van der Waals surface area contributed by atoms with Crippen LogP contribution in [0.4, 0.5) is 0 Å². The number of hydrogen-bond donors (Lipinski definition) is 6. The summed E-state index contributed by atoms with van der Waals surface area (Å²) in [5, 5.41) is 11.8. The molecule has 0 aliphatic carbocycles. The van der Waals surface area contributed by atoms with Crippen LogP contribution in [0, 0.1) is 0 Å². The predicted octanol–water partition coefficient (Wildman–Crippen LogP) is 4.15. The smallest absolute Gasteiger partial charge is 0.242 e. The van der Waals surface area contributed by atoms with Gasteiger partial charge in [0.2, 0.25) is 23.6 Å². The van der Waals surface area contributed by atoms with Crippen LogP contribution >= 0.6 is 0 Å². The van der Waals surface area contributed by atoms with Crippen LogP contribution in [0.5, 0.6) is 0 Å². The largest absolute Gasteiger partial charge is 0.354 e. The normalized spacial score (nSPS) is 13.1. The molecule has 0 saturated heterocycles. The fourth-order valence-electron chi connectivity index (χ4n) is 6.22. The zero-order valence-electron chi connectivity index (χ0n) is 31.1. The Morgan fingerprint density at radius 2 is 0.667 bits per heavy atom. The molecule has 4 amide bonds. The molecule has 4 rings (SSSR count). The fourth-order valence-corrected chi connectivity index (χ4v) is 6.22. The van der Waals surface area contributed by atoms with Gasteiger partial charge >= 0.3 is 0 Å². The van der Waals surface area contributed by atoms with E-state index in [0.29, 0.717) is 38.8 Å². The average Bonchev–Trinajstić information content (AvgIpc) is 3.19. The molecule has 4 atom stereocenters. The molecule has 0 unspecified atom stereocenters. The van der Waals surface area contributed by atoms with Crippen LogP contribution in [0.1, 0.15) is 60.8 Å². The number of unbranched alkanes of at least 4 members (excludes halogenated alkanes) is 5. The monoisotopic (exact) mass is 732 g/mol. The van der Waals surface area contributed by atoms with E-state index in [4.69, 9.17) is 11.5 Å². The second kappa shape index (κ2) is 23.4. The van der Waals surface area contributed by atoms with E-state index in [1.807, 2.05) is 121 Å². The van der Waals surface area contributed by atoms with Gasteiger partial charge in [0.15, 0.2) is 0 Å². The minimum atomic E-state index is -0.766. The molecular weight excluding hydrogens is 677 g/mol. The van der Waals surface area contributed by atoms with Gasteiger partial charge in [-0.3, -0.25) is 19.2 Å². The summed E-state index contributed by atoms with van der Waals surface area (Å²) in [4.78, 5) is 52.4. The quantitative estimate of drug-likeness (QED) is 0.0627. The van der Waals surface area contributed by atoms with Crippen LogP contribution < -0.4 is 32.7 Å². The van der Waals surface area contributed by atoms with Crippen molar-refractivity contribution in [1.29, 1.82) is 0 Å². The lowest BCUT2D eigenvalue weighted by Gasteiger charge is -2.21. The lowest BCUT2D eigenvalue weighted by molar-refractivity contribution is -0.129. The van der Waals surface area contributed by atoms with E-state index < -0.39 is 24.2 Å². The number of nitrogens with two attached hydrogens (primary N) is 2. The number of hydrogen-bond acceptors (Lipinski definition) is 6. The number of rotatable bonds is 23. The Balaban J connectivity index is 1.13. The first-order valence-corrected chi connectivity index (χ1v) is 19.1. The van der Waals surface area contributed by atoms with Gasteiger partial charge in [-0.1, -0.05) is 147 Å². The van der Waals surface area contributed by atoms with Crippen LogP contribution in [0.15, 0.2) is 121 Å². The van der Waals surface area contributed by atoms with Crippen molar-refractivity contribution in [3.8, 4) is 0 Å². The predicted molar refractivity (Wildman–Crippen MR) is 214 cm³/mol. The molecule has 10 heteroatoms. The molecule has 4 aromatic carbocycles. The van der Waals surface area contributed by atoms with E-state index in [-0.39, 0.29) is 23.6 Å². The van der Waals surface area contributed by atoms with Gasteiger partial charge in [-0.2, -0.15) is 0 Å². The highest BCUT2D eigenvalue weighted by atomic mass is 16.2. The molecule has 0 aliphatic rings. The maximum atomic E-state index is 13.2. The van der Waals surface area contributed by atoms with E-state index in [2.05, 4.69) is 21.3 Å². The van der Waals surface area contributed by atoms with Gasteiger partial charge in [0, 0.05) is 25.9 Å². The van der Waals surface area contributed by atoms with Crippen molar-refractivity contribution in [2.45, 2.75) is 88.4 Å². The van der Waals surface area contributed by atoms with Gasteiger partial charge in [0.25, 0.3) is 0 Å². The van der Waals surface area contributed by atoms with Crippen molar-refractivity contribution in [2.75, 3.05) is 13.1 Å². The third-order valence-electron chi connectivity index (χ3n) is 9.30. The third-order valence-corrected chi connectivity index (χ3v) is 9.30. The van der Waals surface area contributed by atoms with Crippen molar-refractivity contribution < 1.29 is 19.2 Å². The van der Waals surface area contributed by atoms with Gasteiger partial charge in [-0.25, -0.2) is 0 Å². The number of amides is 4. The first kappa shape index (κ1) is 41.4. The second-order valence-corrected chi connectivity index (χ2v) is 13.8. The van der Waals surface area contributed by atoms with E-state index >= 15 is 0 Å². The van der Waals surface area contributed by atoms with E-state index in [0.717, 1.165) is 60.8 Å². The Morgan fingerprint density at radius 1 is 0.389 bits per heavy atom. The van der Waals surface area contributed by atoms with Crippen LogP contribution in [0.25, 0.3) is 0 Å². The minimum Gasteiger partial charge on any atom is -0.354 e. The molecule has 8 N–H and O–H groups in total. The van der Waals surface area contributed by atoms with Crippen molar-refractivity contribution in [2.24, 2.45) is 11.5 Å². The molecule has 10 nitrogen and oxygen atoms in total. The maximum Gasteiger partial charge on any atom is 0.242 e. The highest BCUT2D eigenvalue weighted by Gasteiger charge is 2.25. The number of carbonyl (C=O) groups excluding carboxylic acids is 4. The van der Waals surface area contributed by atoms with E-state index in [9.17, 15) is 19.2 Å². The molecule has 54 heavy (non-hydrogen) atoms. The van der Waals surface area contributed by atoms with Crippen LogP contribution in [-0.4, -0.2) is 60.9 Å². The molecule has 4 aromatic rings. The van der Waals surface area contributed by atoms with Crippen LogP contribution in [0.2, 0.25) is 0 Å². The Hall–Kier alpha value is -5.32. The van der Waals surface area contributed by atoms with Crippen molar-refractivity contribution in [3.05, 3.63) is 144 Å². The highest BCUT2D eigenvalue weighted by molar-refractivity contribution is 5.90. The summed E-state index contributed by atoms with van der Waals surface area (Å²) in [6.45, 7) is 1.02. The summed E-state index contributed by atoms with van der Waals surface area (Å²) in [6, 6.07) is 35.4. The molecule has 0 bridgehead atoms. The number of nitrogens with one attached hydrogen (secondary N) is 4. The molecule has 0 fully saturated rings. The van der Waals surface area contributed by atoms with Crippen molar-refractivity contribution >= 4 is 23.6 Å². The summed E-state index contributed by atoms with van der Waals surface area (Å²) >= 11 is 0. The van der Waals surface area contributed by atoms with Gasteiger partial charge in [0.1, 0.15) is 12.1 Å². The Bertz CT molecular complexity index is 1560. The fraction of sp³-hybridized carbons (Fsp3) is 0.364. The molecule has 0 aliphatic heterocycles. The Kier molecular flexibility index (Phi) is 17.9. The van der Waals surface area contributed by atoms with Crippen LogP contribution in [0.3, 0.4) is 0 Å². The summed E-state index contributed by atoms with van der Waals surface area (Å²) in [6.07, 6.45) is 7.01. The van der Waals surface area contributed by atoms with E-state index in [1.165, 1.54) is 0 Å². The molecule has 286 valence electrons. The van der Waals surface area contributed by atoms with Gasteiger partial charge in [0.05, 0.1) is 12.1 Å². The molecule has 0 spiro atoms. The average molecular weight is 733 g/mol. The SMILES string of the molecule is N[C@@H](Cc1ccccc1)C(=O)N[C@H](Cc1ccccc1)C(=O)NCCCCCCCCNC(=O)[C@@H](Cc1ccccc1)NC(=O)[C@@H](N)Cc1ccccc1. The summed E-state index contributed by atoms with van der Waals surface area (Å²) in [5.41, 5.74) is 16.2.